The molecule has 158 valence electrons. The van der Waals surface area contributed by atoms with Crippen molar-refractivity contribution in [3.8, 4) is 16.9 Å². The molecule has 4 aromatic rings. The molecular formula is C25H25FN4O. The summed E-state index contributed by atoms with van der Waals surface area (Å²) in [5.74, 6) is -0.297. The third kappa shape index (κ3) is 4.06. The zero-order chi connectivity index (χ0) is 22.1. The minimum atomic E-state index is -0.362. The van der Waals surface area contributed by atoms with Crippen LogP contribution in [0.3, 0.4) is 0 Å². The van der Waals surface area contributed by atoms with Gasteiger partial charge in [0.15, 0.2) is 5.65 Å². The number of carbonyl (C=O) groups is 1. The van der Waals surface area contributed by atoms with Crippen molar-refractivity contribution in [1.82, 2.24) is 20.1 Å². The summed E-state index contributed by atoms with van der Waals surface area (Å²) in [5, 5.41) is 8.62. The number of aromatic nitrogens is 3. The van der Waals surface area contributed by atoms with Crippen molar-refractivity contribution >= 4 is 16.9 Å². The van der Waals surface area contributed by atoms with Crippen LogP contribution < -0.4 is 5.32 Å². The molecule has 0 aliphatic rings. The van der Waals surface area contributed by atoms with Crippen LogP contribution in [0.4, 0.5) is 4.39 Å². The number of hydrogen-bond acceptors (Lipinski definition) is 3. The monoisotopic (exact) mass is 416 g/mol. The van der Waals surface area contributed by atoms with Crippen LogP contribution in [0.15, 0.2) is 60.7 Å². The predicted molar refractivity (Wildman–Crippen MR) is 121 cm³/mol. The summed E-state index contributed by atoms with van der Waals surface area (Å²) < 4.78 is 15.6. The number of nitrogens with zero attached hydrogens (tertiary/aromatic N) is 3. The standard InChI is InChI=1S/C25H25FN4O/c1-15(2)17(4)27-25(31)21-13-16(3)22-23(18-9-6-5-7-10-18)29-30(24(22)28-21)20-12-8-11-19(26)14-20/h5-15,17H,1-4H3,(H,27,31)/t17-/m1/s1. The fourth-order valence-electron chi connectivity index (χ4n) is 3.45. The van der Waals surface area contributed by atoms with Gasteiger partial charge in [-0.1, -0.05) is 50.2 Å². The first-order valence-electron chi connectivity index (χ1n) is 10.4. The summed E-state index contributed by atoms with van der Waals surface area (Å²) in [7, 11) is 0. The molecule has 0 aliphatic carbocycles. The van der Waals surface area contributed by atoms with Crippen molar-refractivity contribution in [2.75, 3.05) is 0 Å². The number of nitrogens with one attached hydrogen (secondary N) is 1. The van der Waals surface area contributed by atoms with Gasteiger partial charge in [-0.15, -0.1) is 0 Å². The molecule has 0 spiro atoms. The van der Waals surface area contributed by atoms with E-state index in [9.17, 15) is 9.18 Å². The summed E-state index contributed by atoms with van der Waals surface area (Å²) in [5.41, 5.74) is 3.94. The second kappa shape index (κ2) is 8.30. The Morgan fingerprint density at radius 2 is 1.77 bits per heavy atom. The van der Waals surface area contributed by atoms with E-state index >= 15 is 0 Å². The van der Waals surface area contributed by atoms with Crippen LogP contribution in [-0.2, 0) is 0 Å². The number of halogens is 1. The Hall–Kier alpha value is -3.54. The van der Waals surface area contributed by atoms with Crippen molar-refractivity contribution in [3.63, 3.8) is 0 Å². The lowest BCUT2D eigenvalue weighted by molar-refractivity contribution is 0.0925. The smallest absolute Gasteiger partial charge is 0.270 e. The first-order valence-corrected chi connectivity index (χ1v) is 10.4. The number of hydrogen-bond donors (Lipinski definition) is 1. The van der Waals surface area contributed by atoms with Crippen molar-refractivity contribution in [1.29, 1.82) is 0 Å². The van der Waals surface area contributed by atoms with Crippen LogP contribution in [0, 0.1) is 18.7 Å². The zero-order valence-electron chi connectivity index (χ0n) is 18.1. The lowest BCUT2D eigenvalue weighted by Crippen LogP contribution is -2.36. The second-order valence-corrected chi connectivity index (χ2v) is 8.14. The molecule has 0 saturated carbocycles. The highest BCUT2D eigenvalue weighted by Gasteiger charge is 2.21. The van der Waals surface area contributed by atoms with Gasteiger partial charge in [-0.3, -0.25) is 4.79 Å². The Labute approximate surface area is 180 Å². The molecular weight excluding hydrogens is 391 g/mol. The summed E-state index contributed by atoms with van der Waals surface area (Å²) in [6.07, 6.45) is 0. The fraction of sp³-hybridized carbons (Fsp3) is 0.240. The molecule has 2 aromatic heterocycles. The predicted octanol–water partition coefficient (Wildman–Crippen LogP) is 5.31. The summed E-state index contributed by atoms with van der Waals surface area (Å²) in [4.78, 5) is 17.5. The number of rotatable bonds is 5. The van der Waals surface area contributed by atoms with Gasteiger partial charge in [0, 0.05) is 11.6 Å². The van der Waals surface area contributed by atoms with E-state index < -0.39 is 0 Å². The normalized spacial score (nSPS) is 12.3. The van der Waals surface area contributed by atoms with E-state index in [0.717, 1.165) is 22.2 Å². The highest BCUT2D eigenvalue weighted by atomic mass is 19.1. The average molecular weight is 417 g/mol. The fourth-order valence-corrected chi connectivity index (χ4v) is 3.45. The number of aryl methyl sites for hydroxylation is 1. The van der Waals surface area contributed by atoms with E-state index in [2.05, 4.69) is 24.1 Å². The lowest BCUT2D eigenvalue weighted by Gasteiger charge is -2.17. The van der Waals surface area contributed by atoms with Crippen LogP contribution in [0.2, 0.25) is 0 Å². The van der Waals surface area contributed by atoms with Gasteiger partial charge >= 0.3 is 0 Å². The molecule has 1 amide bonds. The van der Waals surface area contributed by atoms with E-state index in [-0.39, 0.29) is 17.8 Å². The van der Waals surface area contributed by atoms with Crippen LogP contribution in [-0.4, -0.2) is 26.7 Å². The van der Waals surface area contributed by atoms with Gasteiger partial charge in [-0.05, 0) is 49.6 Å². The summed E-state index contributed by atoms with van der Waals surface area (Å²) in [6.45, 7) is 8.02. The highest BCUT2D eigenvalue weighted by molar-refractivity contribution is 5.99. The number of fused-ring (bicyclic) bond motifs is 1. The SMILES string of the molecule is Cc1cc(C(=O)N[C@H](C)C(C)C)nc2c1c(-c1ccccc1)nn2-c1cccc(F)c1. The van der Waals surface area contributed by atoms with Crippen molar-refractivity contribution < 1.29 is 9.18 Å². The topological polar surface area (TPSA) is 59.8 Å². The quantitative estimate of drug-likeness (QED) is 0.480. The molecule has 2 aromatic carbocycles. The molecule has 0 unspecified atom stereocenters. The Kier molecular flexibility index (Phi) is 5.55. The van der Waals surface area contributed by atoms with Crippen LogP contribution in [0.1, 0.15) is 36.8 Å². The highest BCUT2D eigenvalue weighted by Crippen LogP contribution is 2.31. The molecule has 1 atom stereocenters. The van der Waals surface area contributed by atoms with Gasteiger partial charge in [0.05, 0.1) is 11.1 Å². The van der Waals surface area contributed by atoms with Crippen LogP contribution >= 0.6 is 0 Å². The Morgan fingerprint density at radius 1 is 1.03 bits per heavy atom. The molecule has 0 fully saturated rings. The Bertz CT molecular complexity index is 1250. The Morgan fingerprint density at radius 3 is 2.45 bits per heavy atom. The zero-order valence-corrected chi connectivity index (χ0v) is 18.1. The van der Waals surface area contributed by atoms with E-state index in [1.54, 1.807) is 22.9 Å². The molecule has 2 heterocycles. The molecule has 0 saturated heterocycles. The second-order valence-electron chi connectivity index (χ2n) is 8.14. The maximum atomic E-state index is 14.0. The first kappa shape index (κ1) is 20.7. The Balaban J connectivity index is 1.93. The average Bonchev–Trinajstić information content (AvgIpc) is 3.14. The number of pyridine rings is 1. The molecule has 31 heavy (non-hydrogen) atoms. The number of amides is 1. The third-order valence-corrected chi connectivity index (χ3v) is 5.53. The van der Waals surface area contributed by atoms with Gasteiger partial charge in [0.25, 0.3) is 5.91 Å². The molecule has 0 aliphatic heterocycles. The van der Waals surface area contributed by atoms with Crippen molar-refractivity contribution in [2.24, 2.45) is 5.92 Å². The minimum Gasteiger partial charge on any atom is -0.348 e. The summed E-state index contributed by atoms with van der Waals surface area (Å²) in [6, 6.07) is 17.8. The molecule has 0 radical (unpaired) electrons. The van der Waals surface area contributed by atoms with Crippen LogP contribution in [0.5, 0.6) is 0 Å². The molecule has 6 heteroatoms. The largest absolute Gasteiger partial charge is 0.348 e. The molecule has 0 bridgehead atoms. The van der Waals surface area contributed by atoms with Crippen LogP contribution in [0.25, 0.3) is 28.0 Å². The van der Waals surface area contributed by atoms with Gasteiger partial charge in [0.2, 0.25) is 0 Å². The summed E-state index contributed by atoms with van der Waals surface area (Å²) >= 11 is 0. The minimum absolute atomic E-state index is 0.0123. The third-order valence-electron chi connectivity index (χ3n) is 5.53. The van der Waals surface area contributed by atoms with Gasteiger partial charge in [0.1, 0.15) is 17.2 Å². The lowest BCUT2D eigenvalue weighted by atomic mass is 10.0. The van der Waals surface area contributed by atoms with E-state index in [1.165, 1.54) is 12.1 Å². The number of benzene rings is 2. The van der Waals surface area contributed by atoms with E-state index in [4.69, 9.17) is 5.10 Å². The maximum Gasteiger partial charge on any atom is 0.270 e. The van der Waals surface area contributed by atoms with Crippen molar-refractivity contribution in [2.45, 2.75) is 33.7 Å². The van der Waals surface area contributed by atoms with E-state index in [1.807, 2.05) is 44.2 Å². The van der Waals surface area contributed by atoms with Gasteiger partial charge in [-0.25, -0.2) is 14.1 Å². The molecule has 4 rings (SSSR count). The maximum absolute atomic E-state index is 14.0. The van der Waals surface area contributed by atoms with Gasteiger partial charge in [-0.2, -0.15) is 5.10 Å². The molecule has 5 nitrogen and oxygen atoms in total. The first-order chi connectivity index (χ1) is 14.8. The van der Waals surface area contributed by atoms with Gasteiger partial charge < -0.3 is 5.32 Å². The van der Waals surface area contributed by atoms with E-state index in [0.29, 0.717) is 22.9 Å². The molecule has 1 N–H and O–H groups in total. The number of carbonyl (C=O) groups excluding carboxylic acids is 1. The van der Waals surface area contributed by atoms with Crippen molar-refractivity contribution in [3.05, 3.63) is 77.7 Å².